The van der Waals surface area contributed by atoms with Crippen molar-refractivity contribution in [3.8, 4) is 0 Å². The van der Waals surface area contributed by atoms with Crippen LogP contribution < -0.4 is 0 Å². The summed E-state index contributed by atoms with van der Waals surface area (Å²) in [5, 5.41) is 10.4. The van der Waals surface area contributed by atoms with Gasteiger partial charge in [0.15, 0.2) is 0 Å². The van der Waals surface area contributed by atoms with E-state index in [0.717, 1.165) is 31.5 Å². The summed E-state index contributed by atoms with van der Waals surface area (Å²) in [6, 6.07) is 6.33. The number of hydrogen-bond donors (Lipinski definition) is 1. The Labute approximate surface area is 149 Å². The van der Waals surface area contributed by atoms with Crippen LogP contribution in [0.5, 0.6) is 0 Å². The standard InChI is InChI=1S/C19H28FN3O2/c1-21-9-7-15(8-10-21)19(25)23-12-17(18(24)13-23)22(2)11-14-3-5-16(20)6-4-14/h3-6,15,17-18,24H,7-13H2,1-2H3/t17-,18-/m1/s1. The molecule has 6 heteroatoms. The van der Waals surface area contributed by atoms with E-state index < -0.39 is 6.10 Å². The zero-order valence-corrected chi connectivity index (χ0v) is 15.1. The fraction of sp³-hybridized carbons (Fsp3) is 0.632. The average molecular weight is 349 g/mol. The third kappa shape index (κ3) is 4.37. The smallest absolute Gasteiger partial charge is 0.225 e. The first-order valence-electron chi connectivity index (χ1n) is 9.04. The highest BCUT2D eigenvalue weighted by molar-refractivity contribution is 5.79. The van der Waals surface area contributed by atoms with E-state index in [4.69, 9.17) is 0 Å². The summed E-state index contributed by atoms with van der Waals surface area (Å²) in [6.45, 7) is 3.51. The molecule has 2 saturated heterocycles. The molecule has 3 rings (SSSR count). The Bertz CT molecular complexity index is 587. The number of amides is 1. The first kappa shape index (κ1) is 18.3. The maximum Gasteiger partial charge on any atom is 0.225 e. The van der Waals surface area contributed by atoms with Crippen molar-refractivity contribution >= 4 is 5.91 Å². The number of likely N-dealkylation sites (tertiary alicyclic amines) is 2. The van der Waals surface area contributed by atoms with Gasteiger partial charge in [0.2, 0.25) is 5.91 Å². The summed E-state index contributed by atoms with van der Waals surface area (Å²) in [5.41, 5.74) is 0.996. The zero-order chi connectivity index (χ0) is 18.0. The number of nitrogens with zero attached hydrogens (tertiary/aromatic N) is 3. The number of β-amino-alcohol motifs (C(OH)–C–C–N with tert-alkyl or cyclic N) is 1. The molecule has 1 amide bonds. The number of benzene rings is 1. The van der Waals surface area contributed by atoms with Crippen LogP contribution in [0.2, 0.25) is 0 Å². The number of carbonyl (C=O) groups excluding carboxylic acids is 1. The van der Waals surface area contributed by atoms with Crippen LogP contribution in [-0.4, -0.2) is 78.1 Å². The summed E-state index contributed by atoms with van der Waals surface area (Å²) in [5.74, 6) is 0.0246. The van der Waals surface area contributed by atoms with Crippen molar-refractivity contribution in [3.63, 3.8) is 0 Å². The molecular formula is C19H28FN3O2. The van der Waals surface area contributed by atoms with E-state index in [1.165, 1.54) is 12.1 Å². The minimum atomic E-state index is -0.541. The molecule has 0 aromatic heterocycles. The van der Waals surface area contributed by atoms with Gasteiger partial charge in [0, 0.05) is 25.6 Å². The van der Waals surface area contributed by atoms with Gasteiger partial charge in [0.1, 0.15) is 5.82 Å². The van der Waals surface area contributed by atoms with Crippen LogP contribution in [0, 0.1) is 11.7 Å². The predicted octanol–water partition coefficient (Wildman–Crippen LogP) is 1.17. The lowest BCUT2D eigenvalue weighted by atomic mass is 9.96. The van der Waals surface area contributed by atoms with Crippen LogP contribution in [0.3, 0.4) is 0 Å². The molecule has 25 heavy (non-hydrogen) atoms. The number of piperidine rings is 1. The topological polar surface area (TPSA) is 47.0 Å². The largest absolute Gasteiger partial charge is 0.390 e. The van der Waals surface area contributed by atoms with E-state index in [9.17, 15) is 14.3 Å². The second-order valence-electron chi connectivity index (χ2n) is 7.50. The minimum Gasteiger partial charge on any atom is -0.390 e. The molecule has 2 fully saturated rings. The number of aliphatic hydroxyl groups is 1. The Morgan fingerprint density at radius 2 is 1.88 bits per heavy atom. The lowest BCUT2D eigenvalue weighted by Gasteiger charge is -2.31. The second kappa shape index (κ2) is 7.81. The lowest BCUT2D eigenvalue weighted by molar-refractivity contribution is -0.136. The van der Waals surface area contributed by atoms with Crippen LogP contribution in [0.1, 0.15) is 18.4 Å². The van der Waals surface area contributed by atoms with Crippen molar-refractivity contribution < 1.29 is 14.3 Å². The molecule has 2 heterocycles. The normalized spacial score (nSPS) is 25.7. The Kier molecular flexibility index (Phi) is 5.71. The van der Waals surface area contributed by atoms with Crippen LogP contribution in [-0.2, 0) is 11.3 Å². The van der Waals surface area contributed by atoms with Gasteiger partial charge in [-0.1, -0.05) is 12.1 Å². The molecule has 1 aromatic rings. The predicted molar refractivity (Wildman–Crippen MR) is 94.5 cm³/mol. The fourth-order valence-corrected chi connectivity index (χ4v) is 3.89. The molecular weight excluding hydrogens is 321 g/mol. The van der Waals surface area contributed by atoms with Gasteiger partial charge in [-0.25, -0.2) is 4.39 Å². The SMILES string of the molecule is CN1CCC(C(=O)N2C[C@@H](O)[C@H](N(C)Cc3ccc(F)cc3)C2)CC1. The minimum absolute atomic E-state index is 0.0831. The molecule has 0 unspecified atom stereocenters. The van der Waals surface area contributed by atoms with Crippen LogP contribution in [0.4, 0.5) is 4.39 Å². The molecule has 1 aromatic carbocycles. The molecule has 0 spiro atoms. The van der Waals surface area contributed by atoms with Gasteiger partial charge < -0.3 is 14.9 Å². The second-order valence-corrected chi connectivity index (χ2v) is 7.50. The van der Waals surface area contributed by atoms with Crippen molar-refractivity contribution in [3.05, 3.63) is 35.6 Å². The lowest BCUT2D eigenvalue weighted by Crippen LogP contribution is -2.42. The van der Waals surface area contributed by atoms with Gasteiger partial charge in [0.05, 0.1) is 12.1 Å². The number of likely N-dealkylation sites (N-methyl/N-ethyl adjacent to an activating group) is 1. The molecule has 5 nitrogen and oxygen atoms in total. The molecule has 2 aliphatic heterocycles. The summed E-state index contributed by atoms with van der Waals surface area (Å²) in [4.78, 5) is 18.9. The van der Waals surface area contributed by atoms with Crippen LogP contribution >= 0.6 is 0 Å². The van der Waals surface area contributed by atoms with Gasteiger partial charge in [-0.05, 0) is 57.7 Å². The van der Waals surface area contributed by atoms with Gasteiger partial charge in [0.25, 0.3) is 0 Å². The molecule has 0 bridgehead atoms. The monoisotopic (exact) mass is 349 g/mol. The maximum atomic E-state index is 13.0. The Balaban J connectivity index is 1.56. The van der Waals surface area contributed by atoms with Crippen molar-refractivity contribution in [2.45, 2.75) is 31.5 Å². The Morgan fingerprint density at radius 3 is 2.52 bits per heavy atom. The molecule has 0 saturated carbocycles. The molecule has 1 N–H and O–H groups in total. The first-order chi connectivity index (χ1) is 11.9. The summed E-state index contributed by atoms with van der Waals surface area (Å²) in [7, 11) is 4.03. The number of rotatable bonds is 4. The highest BCUT2D eigenvalue weighted by atomic mass is 19.1. The third-order valence-corrected chi connectivity index (χ3v) is 5.55. The molecule has 2 atom stereocenters. The van der Waals surface area contributed by atoms with Crippen molar-refractivity contribution in [2.75, 3.05) is 40.3 Å². The molecule has 138 valence electrons. The number of aliphatic hydroxyl groups excluding tert-OH is 1. The van der Waals surface area contributed by atoms with Crippen molar-refractivity contribution in [2.24, 2.45) is 5.92 Å². The van der Waals surface area contributed by atoms with Gasteiger partial charge >= 0.3 is 0 Å². The van der Waals surface area contributed by atoms with Gasteiger partial charge in [-0.15, -0.1) is 0 Å². The molecule has 2 aliphatic rings. The quantitative estimate of drug-likeness (QED) is 0.887. The Morgan fingerprint density at radius 1 is 1.24 bits per heavy atom. The van der Waals surface area contributed by atoms with E-state index in [1.54, 1.807) is 12.1 Å². The van der Waals surface area contributed by atoms with Gasteiger partial charge in [-0.3, -0.25) is 9.69 Å². The van der Waals surface area contributed by atoms with Crippen molar-refractivity contribution in [1.82, 2.24) is 14.7 Å². The maximum absolute atomic E-state index is 13.0. The summed E-state index contributed by atoms with van der Waals surface area (Å²) >= 11 is 0. The number of carbonyl (C=O) groups is 1. The average Bonchev–Trinajstić information content (AvgIpc) is 2.99. The van der Waals surface area contributed by atoms with E-state index in [-0.39, 0.29) is 23.7 Å². The molecule has 0 aliphatic carbocycles. The molecule has 0 radical (unpaired) electrons. The number of hydrogen-bond acceptors (Lipinski definition) is 4. The van der Waals surface area contributed by atoms with E-state index in [1.807, 2.05) is 11.9 Å². The van der Waals surface area contributed by atoms with Crippen molar-refractivity contribution in [1.29, 1.82) is 0 Å². The van der Waals surface area contributed by atoms with Gasteiger partial charge in [-0.2, -0.15) is 0 Å². The Hall–Kier alpha value is -1.50. The number of halogens is 1. The summed E-state index contributed by atoms with van der Waals surface area (Å²) < 4.78 is 13.0. The van der Waals surface area contributed by atoms with E-state index in [0.29, 0.717) is 19.6 Å². The first-order valence-corrected chi connectivity index (χ1v) is 9.04. The highest BCUT2D eigenvalue weighted by Gasteiger charge is 2.38. The zero-order valence-electron chi connectivity index (χ0n) is 15.1. The highest BCUT2D eigenvalue weighted by Crippen LogP contribution is 2.24. The van der Waals surface area contributed by atoms with Crippen LogP contribution in [0.15, 0.2) is 24.3 Å². The van der Waals surface area contributed by atoms with E-state index >= 15 is 0 Å². The summed E-state index contributed by atoms with van der Waals surface area (Å²) in [6.07, 6.45) is 1.26. The fourth-order valence-electron chi connectivity index (χ4n) is 3.89. The van der Waals surface area contributed by atoms with E-state index in [2.05, 4.69) is 16.8 Å². The third-order valence-electron chi connectivity index (χ3n) is 5.55. The van der Waals surface area contributed by atoms with Crippen LogP contribution in [0.25, 0.3) is 0 Å².